The third kappa shape index (κ3) is 4.91. The molecular weight excluding hydrogens is 258 g/mol. The average Bonchev–Trinajstić information content (AvgIpc) is 2.44. The highest BCUT2D eigenvalue weighted by Crippen LogP contribution is 2.19. The van der Waals surface area contributed by atoms with E-state index in [1.165, 1.54) is 4.90 Å². The number of nitrogens with zero attached hydrogens (tertiary/aromatic N) is 1. The summed E-state index contributed by atoms with van der Waals surface area (Å²) in [5.41, 5.74) is 0.954. The van der Waals surface area contributed by atoms with Crippen molar-refractivity contribution in [2.75, 3.05) is 20.2 Å². The van der Waals surface area contributed by atoms with Gasteiger partial charge < -0.3 is 14.7 Å². The third-order valence-electron chi connectivity index (χ3n) is 2.97. The zero-order valence-corrected chi connectivity index (χ0v) is 12.0. The summed E-state index contributed by atoms with van der Waals surface area (Å²) >= 11 is 0. The molecule has 0 aromatic heterocycles. The summed E-state index contributed by atoms with van der Waals surface area (Å²) in [6.07, 6.45) is 1.57. The first-order valence-corrected chi connectivity index (χ1v) is 6.70. The fourth-order valence-electron chi connectivity index (χ4n) is 2.03. The van der Waals surface area contributed by atoms with Crippen LogP contribution in [0.1, 0.15) is 25.3 Å². The minimum Gasteiger partial charge on any atom is -0.496 e. The van der Waals surface area contributed by atoms with Crippen LogP contribution in [-0.4, -0.2) is 42.1 Å². The molecule has 0 saturated heterocycles. The zero-order chi connectivity index (χ0) is 15.0. The number of carboxylic acid groups (broad SMARTS) is 1. The molecule has 0 aliphatic heterocycles. The molecule has 0 aliphatic carbocycles. The van der Waals surface area contributed by atoms with Gasteiger partial charge in [-0.15, -0.1) is 0 Å². The quantitative estimate of drug-likeness (QED) is 0.790. The van der Waals surface area contributed by atoms with Gasteiger partial charge in [-0.3, -0.25) is 9.59 Å². The van der Waals surface area contributed by atoms with Crippen molar-refractivity contribution in [3.8, 4) is 5.75 Å². The predicted octanol–water partition coefficient (Wildman–Crippen LogP) is 1.95. The number of aryl methyl sites for hydroxylation is 1. The second-order valence-electron chi connectivity index (χ2n) is 4.52. The molecule has 20 heavy (non-hydrogen) atoms. The van der Waals surface area contributed by atoms with Crippen molar-refractivity contribution in [3.05, 3.63) is 29.8 Å². The topological polar surface area (TPSA) is 66.8 Å². The first-order valence-electron chi connectivity index (χ1n) is 6.70. The molecule has 0 spiro atoms. The summed E-state index contributed by atoms with van der Waals surface area (Å²) in [5.74, 6) is -0.371. The monoisotopic (exact) mass is 279 g/mol. The molecule has 5 heteroatoms. The number of aliphatic carboxylic acids is 1. The van der Waals surface area contributed by atoms with Crippen LogP contribution in [0.4, 0.5) is 0 Å². The van der Waals surface area contributed by atoms with E-state index < -0.39 is 5.97 Å². The summed E-state index contributed by atoms with van der Waals surface area (Å²) < 4.78 is 5.23. The van der Waals surface area contributed by atoms with Crippen LogP contribution in [0, 0.1) is 0 Å². The Morgan fingerprint density at radius 1 is 1.30 bits per heavy atom. The predicted molar refractivity (Wildman–Crippen MR) is 75.8 cm³/mol. The third-order valence-corrected chi connectivity index (χ3v) is 2.97. The molecule has 1 amide bonds. The van der Waals surface area contributed by atoms with Gasteiger partial charge in [-0.25, -0.2) is 0 Å². The zero-order valence-electron chi connectivity index (χ0n) is 12.0. The van der Waals surface area contributed by atoms with Gasteiger partial charge in [0.1, 0.15) is 12.3 Å². The maximum absolute atomic E-state index is 12.1. The lowest BCUT2D eigenvalue weighted by molar-refractivity contribution is -0.144. The molecule has 1 N–H and O–H groups in total. The van der Waals surface area contributed by atoms with Gasteiger partial charge in [0.05, 0.1) is 7.11 Å². The largest absolute Gasteiger partial charge is 0.496 e. The molecule has 0 unspecified atom stereocenters. The van der Waals surface area contributed by atoms with Crippen LogP contribution in [0.2, 0.25) is 0 Å². The molecule has 5 nitrogen and oxygen atoms in total. The molecule has 0 radical (unpaired) electrons. The molecule has 0 saturated carbocycles. The number of amides is 1. The summed E-state index contributed by atoms with van der Waals surface area (Å²) in [4.78, 5) is 24.2. The van der Waals surface area contributed by atoms with E-state index in [4.69, 9.17) is 9.84 Å². The highest BCUT2D eigenvalue weighted by molar-refractivity contribution is 5.81. The van der Waals surface area contributed by atoms with Crippen LogP contribution in [-0.2, 0) is 16.0 Å². The summed E-state index contributed by atoms with van der Waals surface area (Å²) in [6, 6.07) is 7.52. The van der Waals surface area contributed by atoms with Gasteiger partial charge in [0.15, 0.2) is 0 Å². The maximum Gasteiger partial charge on any atom is 0.323 e. The average molecular weight is 279 g/mol. The van der Waals surface area contributed by atoms with Crippen LogP contribution in [0.5, 0.6) is 5.75 Å². The Hall–Kier alpha value is -2.04. The van der Waals surface area contributed by atoms with Gasteiger partial charge in [-0.05, 0) is 24.5 Å². The highest BCUT2D eigenvalue weighted by atomic mass is 16.5. The van der Waals surface area contributed by atoms with Crippen molar-refractivity contribution in [3.63, 3.8) is 0 Å². The van der Waals surface area contributed by atoms with Gasteiger partial charge >= 0.3 is 5.97 Å². The number of carbonyl (C=O) groups excluding carboxylic acids is 1. The highest BCUT2D eigenvalue weighted by Gasteiger charge is 2.16. The summed E-state index contributed by atoms with van der Waals surface area (Å²) in [7, 11) is 1.59. The van der Waals surface area contributed by atoms with E-state index >= 15 is 0 Å². The van der Waals surface area contributed by atoms with Crippen molar-refractivity contribution in [2.45, 2.75) is 26.2 Å². The van der Waals surface area contributed by atoms with Crippen LogP contribution >= 0.6 is 0 Å². The Morgan fingerprint density at radius 3 is 2.60 bits per heavy atom. The lowest BCUT2D eigenvalue weighted by Crippen LogP contribution is -2.36. The van der Waals surface area contributed by atoms with Crippen LogP contribution in [0.25, 0.3) is 0 Å². The first kappa shape index (κ1) is 16.0. The number of ether oxygens (including phenoxy) is 1. The Labute approximate surface area is 119 Å². The molecule has 0 bridgehead atoms. The summed E-state index contributed by atoms with van der Waals surface area (Å²) in [6.45, 7) is 2.15. The van der Waals surface area contributed by atoms with Gasteiger partial charge in [0.25, 0.3) is 0 Å². The molecule has 1 aromatic rings. The van der Waals surface area contributed by atoms with E-state index in [0.29, 0.717) is 13.0 Å². The number of carboxylic acids is 1. The fraction of sp³-hybridized carbons (Fsp3) is 0.467. The molecule has 0 aliphatic rings. The number of methoxy groups -OCH3 is 1. The van der Waals surface area contributed by atoms with Gasteiger partial charge in [0, 0.05) is 13.0 Å². The van der Waals surface area contributed by atoms with Gasteiger partial charge in [0.2, 0.25) is 5.91 Å². The minimum absolute atomic E-state index is 0.139. The molecule has 0 atom stereocenters. The first-order chi connectivity index (χ1) is 9.58. The second-order valence-corrected chi connectivity index (χ2v) is 4.52. The van der Waals surface area contributed by atoms with Crippen molar-refractivity contribution in [1.82, 2.24) is 4.90 Å². The summed E-state index contributed by atoms with van der Waals surface area (Å²) in [5, 5.41) is 8.81. The molecular formula is C15H21NO4. The van der Waals surface area contributed by atoms with E-state index in [9.17, 15) is 9.59 Å². The van der Waals surface area contributed by atoms with E-state index in [-0.39, 0.29) is 18.9 Å². The normalized spacial score (nSPS) is 10.1. The lowest BCUT2D eigenvalue weighted by atomic mass is 10.1. The number of hydrogen-bond donors (Lipinski definition) is 1. The van der Waals surface area contributed by atoms with Crippen molar-refractivity contribution < 1.29 is 19.4 Å². The smallest absolute Gasteiger partial charge is 0.323 e. The number of rotatable bonds is 8. The number of para-hydroxylation sites is 1. The van der Waals surface area contributed by atoms with E-state index in [0.717, 1.165) is 17.7 Å². The van der Waals surface area contributed by atoms with Gasteiger partial charge in [-0.1, -0.05) is 25.1 Å². The van der Waals surface area contributed by atoms with Crippen molar-refractivity contribution in [1.29, 1.82) is 0 Å². The van der Waals surface area contributed by atoms with Crippen molar-refractivity contribution in [2.24, 2.45) is 0 Å². The van der Waals surface area contributed by atoms with E-state index in [2.05, 4.69) is 0 Å². The van der Waals surface area contributed by atoms with Crippen LogP contribution < -0.4 is 4.74 Å². The van der Waals surface area contributed by atoms with E-state index in [1.807, 2.05) is 31.2 Å². The van der Waals surface area contributed by atoms with Crippen LogP contribution in [0.3, 0.4) is 0 Å². The van der Waals surface area contributed by atoms with Crippen LogP contribution in [0.15, 0.2) is 24.3 Å². The van der Waals surface area contributed by atoms with Crippen molar-refractivity contribution >= 4 is 11.9 Å². The molecule has 0 fully saturated rings. The second kappa shape index (κ2) is 8.19. The number of benzene rings is 1. The maximum atomic E-state index is 12.1. The standard InChI is InChI=1S/C15H21NO4/c1-3-10-16(11-15(18)19)14(17)9-8-12-6-4-5-7-13(12)20-2/h4-7H,3,8-11H2,1-2H3,(H,18,19). The molecule has 1 aromatic carbocycles. The molecule has 110 valence electrons. The Bertz CT molecular complexity index is 459. The molecule has 0 heterocycles. The molecule has 1 rings (SSSR count). The number of hydrogen-bond acceptors (Lipinski definition) is 3. The van der Waals surface area contributed by atoms with Gasteiger partial charge in [-0.2, -0.15) is 0 Å². The number of carbonyl (C=O) groups is 2. The van der Waals surface area contributed by atoms with E-state index in [1.54, 1.807) is 7.11 Å². The Morgan fingerprint density at radius 2 is 2.00 bits per heavy atom. The minimum atomic E-state index is -0.982. The lowest BCUT2D eigenvalue weighted by Gasteiger charge is -2.20. The SMILES string of the molecule is CCCN(CC(=O)O)C(=O)CCc1ccccc1OC. The Kier molecular flexibility index (Phi) is 6.56. The fourth-order valence-corrected chi connectivity index (χ4v) is 2.03. The Balaban J connectivity index is 2.62.